The van der Waals surface area contributed by atoms with E-state index in [4.69, 9.17) is 0 Å². The van der Waals surface area contributed by atoms with Crippen molar-refractivity contribution < 1.29 is 0 Å². The van der Waals surface area contributed by atoms with Crippen molar-refractivity contribution in [1.29, 1.82) is 0 Å². The first-order valence-corrected chi connectivity index (χ1v) is 7.95. The molecule has 0 bridgehead atoms. The first kappa shape index (κ1) is 13.9. The van der Waals surface area contributed by atoms with Gasteiger partial charge in [-0.3, -0.25) is 0 Å². The largest absolute Gasteiger partial charge is 0.312 e. The van der Waals surface area contributed by atoms with Gasteiger partial charge < -0.3 is 5.32 Å². The standard InChI is InChI=1S/C15H24N2S/c1-12(2)10-16-11-13-6-5-9-17-15(13)18-14-7-3-4-8-14/h5-6,9,12,14,16H,3-4,7-8,10-11H2,1-2H3. The highest BCUT2D eigenvalue weighted by Gasteiger charge is 2.18. The molecule has 2 rings (SSSR count). The zero-order valence-corrected chi connectivity index (χ0v) is 12.3. The van der Waals surface area contributed by atoms with Crippen LogP contribution in [0.1, 0.15) is 45.1 Å². The van der Waals surface area contributed by atoms with Crippen LogP contribution in [0.2, 0.25) is 0 Å². The van der Waals surface area contributed by atoms with Crippen LogP contribution < -0.4 is 5.32 Å². The van der Waals surface area contributed by atoms with E-state index in [9.17, 15) is 0 Å². The second kappa shape index (κ2) is 7.15. The van der Waals surface area contributed by atoms with Crippen LogP contribution in [0.5, 0.6) is 0 Å². The van der Waals surface area contributed by atoms with E-state index in [1.165, 1.54) is 36.3 Å². The van der Waals surface area contributed by atoms with Gasteiger partial charge in [-0.2, -0.15) is 0 Å². The first-order valence-electron chi connectivity index (χ1n) is 7.07. The van der Waals surface area contributed by atoms with Gasteiger partial charge in [-0.1, -0.05) is 32.8 Å². The highest BCUT2D eigenvalue weighted by atomic mass is 32.2. The predicted octanol–water partition coefficient (Wildman–Crippen LogP) is 3.86. The van der Waals surface area contributed by atoms with Crippen LogP contribution in [0.4, 0.5) is 0 Å². The number of thioether (sulfide) groups is 1. The summed E-state index contributed by atoms with van der Waals surface area (Å²) >= 11 is 1.99. The lowest BCUT2D eigenvalue weighted by molar-refractivity contribution is 0.548. The molecular formula is C15H24N2S. The van der Waals surface area contributed by atoms with E-state index in [-0.39, 0.29) is 0 Å². The number of hydrogen-bond acceptors (Lipinski definition) is 3. The molecule has 1 heterocycles. The van der Waals surface area contributed by atoms with Crippen LogP contribution in [0.25, 0.3) is 0 Å². The van der Waals surface area contributed by atoms with Crippen molar-refractivity contribution in [3.05, 3.63) is 23.9 Å². The Labute approximate surface area is 115 Å². The molecule has 0 radical (unpaired) electrons. The van der Waals surface area contributed by atoms with E-state index in [1.54, 1.807) is 0 Å². The molecule has 18 heavy (non-hydrogen) atoms. The van der Waals surface area contributed by atoms with Crippen LogP contribution in [-0.4, -0.2) is 16.8 Å². The number of aromatic nitrogens is 1. The molecule has 0 spiro atoms. The Kier molecular flexibility index (Phi) is 5.51. The molecule has 1 aromatic heterocycles. The lowest BCUT2D eigenvalue weighted by Gasteiger charge is -2.13. The molecule has 1 N–H and O–H groups in total. The van der Waals surface area contributed by atoms with Gasteiger partial charge in [0.2, 0.25) is 0 Å². The fourth-order valence-corrected chi connectivity index (χ4v) is 3.62. The minimum absolute atomic E-state index is 0.701. The molecule has 0 amide bonds. The van der Waals surface area contributed by atoms with Gasteiger partial charge in [-0.05, 0) is 36.9 Å². The van der Waals surface area contributed by atoms with Gasteiger partial charge in [-0.15, -0.1) is 11.8 Å². The van der Waals surface area contributed by atoms with Gasteiger partial charge >= 0.3 is 0 Å². The quantitative estimate of drug-likeness (QED) is 0.844. The fourth-order valence-electron chi connectivity index (χ4n) is 2.32. The first-order chi connectivity index (χ1) is 8.75. The highest BCUT2D eigenvalue weighted by Crippen LogP contribution is 2.34. The van der Waals surface area contributed by atoms with Crippen molar-refractivity contribution in [2.45, 2.75) is 56.4 Å². The van der Waals surface area contributed by atoms with Gasteiger partial charge in [-0.25, -0.2) is 4.98 Å². The molecule has 0 aromatic carbocycles. The molecule has 1 saturated carbocycles. The molecule has 100 valence electrons. The summed E-state index contributed by atoms with van der Waals surface area (Å²) in [5, 5.41) is 5.54. The van der Waals surface area contributed by atoms with E-state index in [2.05, 4.69) is 30.2 Å². The van der Waals surface area contributed by atoms with Crippen LogP contribution in [0.15, 0.2) is 23.4 Å². The number of rotatable bonds is 6. The molecule has 0 unspecified atom stereocenters. The smallest absolute Gasteiger partial charge is 0.101 e. The normalized spacial score (nSPS) is 16.6. The Morgan fingerprint density at radius 3 is 2.89 bits per heavy atom. The molecule has 1 fully saturated rings. The van der Waals surface area contributed by atoms with Crippen molar-refractivity contribution in [1.82, 2.24) is 10.3 Å². The van der Waals surface area contributed by atoms with Crippen molar-refractivity contribution in [2.75, 3.05) is 6.54 Å². The van der Waals surface area contributed by atoms with Crippen molar-refractivity contribution >= 4 is 11.8 Å². The maximum atomic E-state index is 4.56. The van der Waals surface area contributed by atoms with E-state index in [1.807, 2.05) is 24.0 Å². The average Bonchev–Trinajstić information content (AvgIpc) is 2.84. The second-order valence-corrected chi connectivity index (χ2v) is 6.81. The number of pyridine rings is 1. The SMILES string of the molecule is CC(C)CNCc1cccnc1SC1CCCC1. The molecule has 0 atom stereocenters. The van der Waals surface area contributed by atoms with Crippen LogP contribution in [0, 0.1) is 5.92 Å². The van der Waals surface area contributed by atoms with Crippen LogP contribution in [-0.2, 0) is 6.54 Å². The molecule has 1 aliphatic rings. The Hall–Kier alpha value is -0.540. The summed E-state index contributed by atoms with van der Waals surface area (Å²) in [5.41, 5.74) is 1.36. The van der Waals surface area contributed by atoms with Gasteiger partial charge in [0.05, 0.1) is 0 Å². The zero-order valence-electron chi connectivity index (χ0n) is 11.5. The van der Waals surface area contributed by atoms with Crippen molar-refractivity contribution in [3.8, 4) is 0 Å². The van der Waals surface area contributed by atoms with Crippen LogP contribution in [0.3, 0.4) is 0 Å². The molecule has 1 aliphatic carbocycles. The summed E-state index contributed by atoms with van der Waals surface area (Å²) in [6.45, 7) is 6.50. The van der Waals surface area contributed by atoms with E-state index in [0.717, 1.165) is 18.3 Å². The van der Waals surface area contributed by atoms with Gasteiger partial charge in [0, 0.05) is 18.0 Å². The third-order valence-electron chi connectivity index (χ3n) is 3.30. The predicted molar refractivity (Wildman–Crippen MR) is 78.9 cm³/mol. The summed E-state index contributed by atoms with van der Waals surface area (Å²) < 4.78 is 0. The number of nitrogens with zero attached hydrogens (tertiary/aromatic N) is 1. The summed E-state index contributed by atoms with van der Waals surface area (Å²) in [6, 6.07) is 4.25. The number of hydrogen-bond donors (Lipinski definition) is 1. The lowest BCUT2D eigenvalue weighted by Crippen LogP contribution is -2.19. The Bertz CT molecular complexity index is 359. The molecule has 0 aliphatic heterocycles. The van der Waals surface area contributed by atoms with Crippen LogP contribution >= 0.6 is 11.8 Å². The highest BCUT2D eigenvalue weighted by molar-refractivity contribution is 7.99. The van der Waals surface area contributed by atoms with E-state index < -0.39 is 0 Å². The van der Waals surface area contributed by atoms with E-state index >= 15 is 0 Å². The second-order valence-electron chi connectivity index (χ2n) is 5.52. The average molecular weight is 264 g/mol. The van der Waals surface area contributed by atoms with Crippen molar-refractivity contribution in [2.24, 2.45) is 5.92 Å². The summed E-state index contributed by atoms with van der Waals surface area (Å²) in [7, 11) is 0. The minimum Gasteiger partial charge on any atom is -0.312 e. The molecule has 3 heteroatoms. The van der Waals surface area contributed by atoms with Gasteiger partial charge in [0.15, 0.2) is 0 Å². The molecule has 2 nitrogen and oxygen atoms in total. The topological polar surface area (TPSA) is 24.9 Å². The Balaban J connectivity index is 1.91. The maximum Gasteiger partial charge on any atom is 0.101 e. The van der Waals surface area contributed by atoms with Gasteiger partial charge in [0.25, 0.3) is 0 Å². The Morgan fingerprint density at radius 2 is 2.17 bits per heavy atom. The molecule has 1 aromatic rings. The number of nitrogens with one attached hydrogen (secondary N) is 1. The summed E-state index contributed by atoms with van der Waals surface area (Å²) in [5.74, 6) is 0.701. The minimum atomic E-state index is 0.701. The van der Waals surface area contributed by atoms with Gasteiger partial charge in [0.1, 0.15) is 5.03 Å². The Morgan fingerprint density at radius 1 is 1.39 bits per heavy atom. The lowest BCUT2D eigenvalue weighted by atomic mass is 10.2. The third kappa shape index (κ3) is 4.29. The zero-order chi connectivity index (χ0) is 12.8. The fraction of sp³-hybridized carbons (Fsp3) is 0.667. The van der Waals surface area contributed by atoms with Crippen molar-refractivity contribution in [3.63, 3.8) is 0 Å². The maximum absolute atomic E-state index is 4.56. The third-order valence-corrected chi connectivity index (χ3v) is 4.69. The monoisotopic (exact) mass is 264 g/mol. The van der Waals surface area contributed by atoms with E-state index in [0.29, 0.717) is 5.92 Å². The summed E-state index contributed by atoms with van der Waals surface area (Å²) in [4.78, 5) is 4.56. The molecule has 0 saturated heterocycles. The summed E-state index contributed by atoms with van der Waals surface area (Å²) in [6.07, 6.45) is 7.43. The molecular weight excluding hydrogens is 240 g/mol.